The molecule has 112 valence electrons. The van der Waals surface area contributed by atoms with E-state index < -0.39 is 0 Å². The Balaban J connectivity index is 2.09. The van der Waals surface area contributed by atoms with Crippen molar-refractivity contribution in [1.29, 1.82) is 0 Å². The number of hydrogen-bond acceptors (Lipinski definition) is 4. The lowest BCUT2D eigenvalue weighted by Gasteiger charge is -2.13. The maximum Gasteiger partial charge on any atom is 0.252 e. The van der Waals surface area contributed by atoms with Gasteiger partial charge < -0.3 is 15.1 Å². The van der Waals surface area contributed by atoms with Crippen molar-refractivity contribution >= 4 is 5.91 Å². The van der Waals surface area contributed by atoms with Gasteiger partial charge in [0.1, 0.15) is 11.8 Å². The highest BCUT2D eigenvalue weighted by molar-refractivity contribution is 5.95. The first-order valence-corrected chi connectivity index (χ1v) is 7.07. The highest BCUT2D eigenvalue weighted by Gasteiger charge is 2.17. The number of aromatic nitrogens is 1. The van der Waals surface area contributed by atoms with Gasteiger partial charge in [0, 0.05) is 5.56 Å². The molecule has 0 aliphatic rings. The Morgan fingerprint density at radius 1 is 1.38 bits per heavy atom. The minimum absolute atomic E-state index is 0.106. The van der Waals surface area contributed by atoms with Crippen LogP contribution in [0.4, 0.5) is 0 Å². The Hall–Kier alpha value is -2.14. The van der Waals surface area contributed by atoms with Crippen molar-refractivity contribution in [3.05, 3.63) is 53.2 Å². The smallest absolute Gasteiger partial charge is 0.252 e. The minimum atomic E-state index is -0.261. The van der Waals surface area contributed by atoms with E-state index in [1.54, 1.807) is 6.20 Å². The van der Waals surface area contributed by atoms with Crippen molar-refractivity contribution in [2.75, 3.05) is 13.6 Å². The third-order valence-corrected chi connectivity index (χ3v) is 3.26. The third kappa shape index (κ3) is 3.92. The van der Waals surface area contributed by atoms with Crippen molar-refractivity contribution in [2.45, 2.75) is 26.3 Å². The lowest BCUT2D eigenvalue weighted by atomic mass is 10.0. The van der Waals surface area contributed by atoms with Crippen molar-refractivity contribution < 1.29 is 9.21 Å². The summed E-state index contributed by atoms with van der Waals surface area (Å²) in [5, 5.41) is 6.02. The summed E-state index contributed by atoms with van der Waals surface area (Å²) >= 11 is 0. The molecule has 2 aromatic rings. The summed E-state index contributed by atoms with van der Waals surface area (Å²) in [5.74, 6) is 1.15. The number of carbonyl (C=O) groups is 1. The van der Waals surface area contributed by atoms with E-state index in [0.717, 1.165) is 24.3 Å². The predicted octanol–water partition coefficient (Wildman–Crippen LogP) is 2.24. The number of nitrogens with one attached hydrogen (secondary N) is 2. The number of aryl methyl sites for hydroxylation is 1. The summed E-state index contributed by atoms with van der Waals surface area (Å²) in [7, 11) is 1.90. The predicted molar refractivity (Wildman–Crippen MR) is 81.2 cm³/mol. The van der Waals surface area contributed by atoms with Gasteiger partial charge in [-0.25, -0.2) is 4.98 Å². The second-order valence-electron chi connectivity index (χ2n) is 5.01. The summed E-state index contributed by atoms with van der Waals surface area (Å²) in [4.78, 5) is 16.6. The van der Waals surface area contributed by atoms with E-state index in [-0.39, 0.29) is 11.9 Å². The zero-order valence-electron chi connectivity index (χ0n) is 12.6. The van der Waals surface area contributed by atoms with Crippen LogP contribution >= 0.6 is 0 Å². The highest BCUT2D eigenvalue weighted by Crippen LogP contribution is 2.15. The molecule has 0 bridgehead atoms. The third-order valence-electron chi connectivity index (χ3n) is 3.26. The zero-order chi connectivity index (χ0) is 15.2. The molecule has 0 spiro atoms. The molecule has 2 rings (SSSR count). The molecule has 5 heteroatoms. The fraction of sp³-hybridized carbons (Fsp3) is 0.375. The maximum atomic E-state index is 12.4. The molecule has 1 aromatic carbocycles. The van der Waals surface area contributed by atoms with Crippen LogP contribution in [0.2, 0.25) is 0 Å². The molecule has 0 saturated carbocycles. The van der Waals surface area contributed by atoms with E-state index in [0.29, 0.717) is 11.5 Å². The van der Waals surface area contributed by atoms with E-state index in [2.05, 4.69) is 15.6 Å². The SMILES string of the molecule is CNCCc1ccccc1C(=O)NC(C)c1ncc(C)o1. The molecule has 1 heterocycles. The quantitative estimate of drug-likeness (QED) is 0.855. The number of hydrogen-bond donors (Lipinski definition) is 2. The van der Waals surface area contributed by atoms with Crippen LogP contribution in [0.5, 0.6) is 0 Å². The molecular formula is C16H21N3O2. The van der Waals surface area contributed by atoms with Gasteiger partial charge >= 0.3 is 0 Å². The minimum Gasteiger partial charge on any atom is -0.444 e. The van der Waals surface area contributed by atoms with E-state index in [1.165, 1.54) is 0 Å². The number of nitrogens with zero attached hydrogens (tertiary/aromatic N) is 1. The molecular weight excluding hydrogens is 266 g/mol. The lowest BCUT2D eigenvalue weighted by Crippen LogP contribution is -2.28. The first-order valence-electron chi connectivity index (χ1n) is 7.07. The Bertz CT molecular complexity index is 607. The Morgan fingerprint density at radius 2 is 2.14 bits per heavy atom. The van der Waals surface area contributed by atoms with Crippen LogP contribution in [-0.4, -0.2) is 24.5 Å². The fourth-order valence-electron chi connectivity index (χ4n) is 2.13. The van der Waals surface area contributed by atoms with Gasteiger partial charge in [-0.15, -0.1) is 0 Å². The molecule has 0 fully saturated rings. The average Bonchev–Trinajstić information content (AvgIpc) is 2.92. The molecule has 1 amide bonds. The molecule has 2 N–H and O–H groups in total. The topological polar surface area (TPSA) is 67.2 Å². The zero-order valence-corrected chi connectivity index (χ0v) is 12.6. The molecule has 5 nitrogen and oxygen atoms in total. The van der Waals surface area contributed by atoms with Gasteiger partial charge in [0.2, 0.25) is 5.89 Å². The van der Waals surface area contributed by atoms with Crippen LogP contribution < -0.4 is 10.6 Å². The Kier molecular flexibility index (Phi) is 5.11. The lowest BCUT2D eigenvalue weighted by molar-refractivity contribution is 0.0933. The van der Waals surface area contributed by atoms with Gasteiger partial charge in [0.25, 0.3) is 5.91 Å². The van der Waals surface area contributed by atoms with Crippen molar-refractivity contribution in [3.63, 3.8) is 0 Å². The Morgan fingerprint density at radius 3 is 2.81 bits per heavy atom. The largest absolute Gasteiger partial charge is 0.444 e. The van der Waals surface area contributed by atoms with Crippen LogP contribution in [0.25, 0.3) is 0 Å². The van der Waals surface area contributed by atoms with Gasteiger partial charge in [-0.1, -0.05) is 18.2 Å². The number of amides is 1. The fourth-order valence-corrected chi connectivity index (χ4v) is 2.13. The average molecular weight is 287 g/mol. The van der Waals surface area contributed by atoms with Crippen LogP contribution in [0, 0.1) is 6.92 Å². The van der Waals surface area contributed by atoms with Crippen LogP contribution in [-0.2, 0) is 6.42 Å². The van der Waals surface area contributed by atoms with Crippen LogP contribution in [0.3, 0.4) is 0 Å². The summed E-state index contributed by atoms with van der Waals surface area (Å²) in [5.41, 5.74) is 1.73. The van der Waals surface area contributed by atoms with E-state index >= 15 is 0 Å². The number of rotatable bonds is 6. The number of oxazole rings is 1. The number of carbonyl (C=O) groups excluding carboxylic acids is 1. The standard InChI is InChI=1S/C16H21N3O2/c1-11-10-18-16(21-11)12(2)19-15(20)14-7-5-4-6-13(14)8-9-17-3/h4-7,10,12,17H,8-9H2,1-3H3,(H,19,20). The second kappa shape index (κ2) is 7.04. The molecule has 1 aromatic heterocycles. The Labute approximate surface area is 124 Å². The summed E-state index contributed by atoms with van der Waals surface area (Å²) in [6.07, 6.45) is 2.46. The van der Waals surface area contributed by atoms with Gasteiger partial charge in [-0.3, -0.25) is 4.79 Å². The van der Waals surface area contributed by atoms with Gasteiger partial charge in [0.05, 0.1) is 6.20 Å². The summed E-state index contributed by atoms with van der Waals surface area (Å²) in [6, 6.07) is 7.38. The maximum absolute atomic E-state index is 12.4. The molecule has 1 atom stereocenters. The van der Waals surface area contributed by atoms with E-state index in [1.807, 2.05) is 45.2 Å². The van der Waals surface area contributed by atoms with Crippen molar-refractivity contribution in [1.82, 2.24) is 15.6 Å². The van der Waals surface area contributed by atoms with Crippen molar-refractivity contribution in [3.8, 4) is 0 Å². The normalized spacial score (nSPS) is 12.1. The van der Waals surface area contributed by atoms with E-state index in [4.69, 9.17) is 4.42 Å². The van der Waals surface area contributed by atoms with Crippen molar-refractivity contribution in [2.24, 2.45) is 0 Å². The molecule has 0 saturated heterocycles. The number of likely N-dealkylation sites (N-methyl/N-ethyl adjacent to an activating group) is 1. The number of benzene rings is 1. The molecule has 0 radical (unpaired) electrons. The van der Waals surface area contributed by atoms with Gasteiger partial charge in [-0.05, 0) is 45.5 Å². The first kappa shape index (κ1) is 15.3. The van der Waals surface area contributed by atoms with E-state index in [9.17, 15) is 4.79 Å². The first-order chi connectivity index (χ1) is 10.1. The van der Waals surface area contributed by atoms with Crippen LogP contribution in [0.1, 0.15) is 40.5 Å². The molecule has 21 heavy (non-hydrogen) atoms. The molecule has 0 aliphatic carbocycles. The van der Waals surface area contributed by atoms with Gasteiger partial charge in [0.15, 0.2) is 0 Å². The summed E-state index contributed by atoms with van der Waals surface area (Å²) < 4.78 is 5.44. The van der Waals surface area contributed by atoms with Gasteiger partial charge in [-0.2, -0.15) is 0 Å². The highest BCUT2D eigenvalue weighted by atomic mass is 16.4. The second-order valence-corrected chi connectivity index (χ2v) is 5.01. The molecule has 1 unspecified atom stereocenters. The summed E-state index contributed by atoms with van der Waals surface area (Å²) in [6.45, 7) is 4.52. The monoisotopic (exact) mass is 287 g/mol. The van der Waals surface area contributed by atoms with Crippen LogP contribution in [0.15, 0.2) is 34.9 Å². The molecule has 0 aliphatic heterocycles.